The van der Waals surface area contributed by atoms with Gasteiger partial charge in [-0.2, -0.15) is 0 Å². The number of Topliss-reactive ketones (excluding diaryl/α,β-unsaturated/α-hetero) is 1. The van der Waals surface area contributed by atoms with Crippen LogP contribution in [0, 0.1) is 11.8 Å². The molecule has 0 bridgehead atoms. The molecular weight excluding hydrogens is 608 g/mol. The number of aromatic amines is 1. The van der Waals surface area contributed by atoms with Crippen molar-refractivity contribution in [2.75, 3.05) is 0 Å². The van der Waals surface area contributed by atoms with Crippen molar-refractivity contribution in [1.82, 2.24) is 31.2 Å². The van der Waals surface area contributed by atoms with Crippen LogP contribution in [0.2, 0.25) is 0 Å². The molecule has 4 amide bonds. The van der Waals surface area contributed by atoms with E-state index >= 15 is 0 Å². The Morgan fingerprint density at radius 1 is 0.688 bits per heavy atom. The Hall–Kier alpha value is -3.24. The molecule has 0 saturated heterocycles. The highest BCUT2D eigenvalue weighted by molar-refractivity contribution is 5.95. The van der Waals surface area contributed by atoms with Crippen LogP contribution in [0.15, 0.2) is 12.5 Å². The smallest absolute Gasteiger partial charge is 0.243 e. The molecule has 274 valence electrons. The van der Waals surface area contributed by atoms with E-state index in [1.165, 1.54) is 77.5 Å². The minimum absolute atomic E-state index is 0.0925. The van der Waals surface area contributed by atoms with E-state index < -0.39 is 41.9 Å². The predicted octanol–water partition coefficient (Wildman–Crippen LogP) is 5.68. The quantitative estimate of drug-likeness (QED) is 0.0754. The largest absolute Gasteiger partial charge is 0.351 e. The fourth-order valence-corrected chi connectivity index (χ4v) is 5.53. The van der Waals surface area contributed by atoms with Crippen LogP contribution >= 0.6 is 0 Å². The second-order valence-corrected chi connectivity index (χ2v) is 13.8. The van der Waals surface area contributed by atoms with Crippen molar-refractivity contribution >= 4 is 29.4 Å². The molecule has 48 heavy (non-hydrogen) atoms. The van der Waals surface area contributed by atoms with Gasteiger partial charge >= 0.3 is 0 Å². The minimum Gasteiger partial charge on any atom is -0.351 e. The Morgan fingerprint density at radius 2 is 1.23 bits per heavy atom. The van der Waals surface area contributed by atoms with Gasteiger partial charge in [-0.3, -0.25) is 24.0 Å². The van der Waals surface area contributed by atoms with E-state index in [0.717, 1.165) is 19.3 Å². The molecular formula is C37H66N6O5. The Labute approximate surface area is 289 Å². The predicted molar refractivity (Wildman–Crippen MR) is 191 cm³/mol. The lowest BCUT2D eigenvalue weighted by Gasteiger charge is -2.29. The zero-order chi connectivity index (χ0) is 35.9. The van der Waals surface area contributed by atoms with Gasteiger partial charge in [-0.1, -0.05) is 118 Å². The van der Waals surface area contributed by atoms with Crippen molar-refractivity contribution in [3.8, 4) is 0 Å². The molecule has 0 unspecified atom stereocenters. The maximum atomic E-state index is 13.5. The van der Waals surface area contributed by atoms with Crippen LogP contribution in [-0.2, 0) is 30.4 Å². The first-order valence-electron chi connectivity index (χ1n) is 18.6. The summed E-state index contributed by atoms with van der Waals surface area (Å²) >= 11 is 0. The number of H-pyrrole nitrogens is 1. The monoisotopic (exact) mass is 675 g/mol. The lowest BCUT2D eigenvalue weighted by Crippen LogP contribution is -2.60. The lowest BCUT2D eigenvalue weighted by atomic mass is 9.96. The molecule has 0 saturated carbocycles. The summed E-state index contributed by atoms with van der Waals surface area (Å²) in [6.07, 6.45) is 20.2. The van der Waals surface area contributed by atoms with E-state index in [9.17, 15) is 24.0 Å². The first-order valence-corrected chi connectivity index (χ1v) is 18.6. The molecule has 0 spiro atoms. The first-order chi connectivity index (χ1) is 22.9. The van der Waals surface area contributed by atoms with Crippen molar-refractivity contribution in [2.45, 2.75) is 175 Å². The summed E-state index contributed by atoms with van der Waals surface area (Å²) in [7, 11) is 0. The van der Waals surface area contributed by atoms with Crippen molar-refractivity contribution in [3.05, 3.63) is 18.2 Å². The van der Waals surface area contributed by atoms with Crippen LogP contribution < -0.4 is 21.3 Å². The summed E-state index contributed by atoms with van der Waals surface area (Å²) < 4.78 is 0. The molecule has 5 atom stereocenters. The average Bonchev–Trinajstić information content (AvgIpc) is 3.56. The van der Waals surface area contributed by atoms with Gasteiger partial charge in [0, 0.05) is 19.0 Å². The Morgan fingerprint density at radius 3 is 1.71 bits per heavy atom. The van der Waals surface area contributed by atoms with Gasteiger partial charge in [0.2, 0.25) is 23.6 Å². The number of amides is 4. The SMILES string of the molecule is CCCCCCCCCCCCCCCC(=O)N[C@H](C(=O)N[C@H](C(=O)N[C@@H](Cc1c[nH]cn1)C(=O)N[C@@H](C)C(C)=O)C(C)C)[C@@H](C)CC. The number of hydrogen-bond donors (Lipinski definition) is 5. The van der Waals surface area contributed by atoms with Crippen LogP contribution in [0.4, 0.5) is 0 Å². The molecule has 0 aliphatic heterocycles. The van der Waals surface area contributed by atoms with E-state index in [4.69, 9.17) is 0 Å². The van der Waals surface area contributed by atoms with Gasteiger partial charge in [-0.05, 0) is 32.1 Å². The number of carbonyl (C=O) groups is 5. The standard InChI is InChI=1S/C37H66N6O5/c1-8-10-11-12-13-14-15-16-17-18-19-20-21-22-32(45)42-34(27(5)9-2)37(48)43-33(26(3)4)36(47)41-31(23-30-24-38-25-39-30)35(46)40-28(6)29(7)44/h24-28,31,33-34H,8-23H2,1-7H3,(H,38,39)(H,40,46)(H,41,47)(H,42,45)(H,43,48)/t27-,28-,31-,33-,34-/m0/s1. The second-order valence-electron chi connectivity index (χ2n) is 13.8. The molecule has 0 aromatic carbocycles. The molecule has 11 nitrogen and oxygen atoms in total. The molecule has 0 fully saturated rings. The molecule has 1 aromatic heterocycles. The number of rotatable bonds is 27. The van der Waals surface area contributed by atoms with E-state index in [2.05, 4.69) is 38.2 Å². The molecule has 5 N–H and O–H groups in total. The Kier molecular flexibility index (Phi) is 22.1. The summed E-state index contributed by atoms with van der Waals surface area (Å²) in [6.45, 7) is 12.7. The number of unbranched alkanes of at least 4 members (excludes halogenated alkanes) is 12. The molecule has 0 aliphatic carbocycles. The van der Waals surface area contributed by atoms with Gasteiger partial charge in [0.05, 0.1) is 18.1 Å². The number of nitrogens with one attached hydrogen (secondary N) is 5. The van der Waals surface area contributed by atoms with Crippen LogP contribution in [0.5, 0.6) is 0 Å². The highest BCUT2D eigenvalue weighted by atomic mass is 16.2. The number of hydrogen-bond acceptors (Lipinski definition) is 6. The van der Waals surface area contributed by atoms with Crippen molar-refractivity contribution in [1.29, 1.82) is 0 Å². The Bertz CT molecular complexity index is 1080. The maximum absolute atomic E-state index is 13.5. The van der Waals surface area contributed by atoms with Crippen molar-refractivity contribution in [2.24, 2.45) is 11.8 Å². The zero-order valence-corrected chi connectivity index (χ0v) is 30.9. The van der Waals surface area contributed by atoms with Crippen LogP contribution in [0.3, 0.4) is 0 Å². The number of carbonyl (C=O) groups excluding carboxylic acids is 5. The molecule has 11 heteroatoms. The lowest BCUT2D eigenvalue weighted by molar-refractivity contribution is -0.135. The third-order valence-corrected chi connectivity index (χ3v) is 9.14. The minimum atomic E-state index is -1.02. The molecule has 1 heterocycles. The zero-order valence-electron chi connectivity index (χ0n) is 30.9. The highest BCUT2D eigenvalue weighted by Crippen LogP contribution is 2.14. The third kappa shape index (κ3) is 17.8. The summed E-state index contributed by atoms with van der Waals surface area (Å²) in [5.74, 6) is -2.34. The van der Waals surface area contributed by atoms with E-state index in [-0.39, 0.29) is 29.9 Å². The Balaban J connectivity index is 2.66. The fraction of sp³-hybridized carbons (Fsp3) is 0.784. The summed E-state index contributed by atoms with van der Waals surface area (Å²) in [6, 6.07) is -3.50. The van der Waals surface area contributed by atoms with Crippen molar-refractivity contribution in [3.63, 3.8) is 0 Å². The van der Waals surface area contributed by atoms with Crippen molar-refractivity contribution < 1.29 is 24.0 Å². The van der Waals surface area contributed by atoms with E-state index in [1.54, 1.807) is 27.0 Å². The molecule has 1 aromatic rings. The van der Waals surface area contributed by atoms with Crippen LogP contribution in [-0.4, -0.2) is 63.5 Å². The van der Waals surface area contributed by atoms with Gasteiger partial charge in [0.15, 0.2) is 5.78 Å². The maximum Gasteiger partial charge on any atom is 0.243 e. The number of nitrogens with zero attached hydrogens (tertiary/aromatic N) is 1. The second kappa shape index (κ2) is 24.8. The first kappa shape index (κ1) is 42.8. The topological polar surface area (TPSA) is 162 Å². The molecule has 0 aliphatic rings. The number of imidazole rings is 1. The highest BCUT2D eigenvalue weighted by Gasteiger charge is 2.33. The van der Waals surface area contributed by atoms with Crippen LogP contribution in [0.25, 0.3) is 0 Å². The summed E-state index contributed by atoms with van der Waals surface area (Å²) in [4.78, 5) is 71.8. The summed E-state index contributed by atoms with van der Waals surface area (Å²) in [5.41, 5.74) is 0.555. The molecule has 0 radical (unpaired) electrons. The molecule has 1 rings (SSSR count). The average molecular weight is 675 g/mol. The fourth-order valence-electron chi connectivity index (χ4n) is 5.53. The van der Waals surface area contributed by atoms with Gasteiger partial charge in [-0.15, -0.1) is 0 Å². The van der Waals surface area contributed by atoms with Gasteiger partial charge in [-0.25, -0.2) is 4.98 Å². The third-order valence-electron chi connectivity index (χ3n) is 9.14. The van der Waals surface area contributed by atoms with Gasteiger partial charge in [0.25, 0.3) is 0 Å². The van der Waals surface area contributed by atoms with E-state index in [0.29, 0.717) is 18.5 Å². The number of aromatic nitrogens is 2. The van der Waals surface area contributed by atoms with Gasteiger partial charge < -0.3 is 26.3 Å². The number of ketones is 1. The van der Waals surface area contributed by atoms with Gasteiger partial charge in [0.1, 0.15) is 18.1 Å². The van der Waals surface area contributed by atoms with E-state index in [1.807, 2.05) is 13.8 Å². The normalized spacial score (nSPS) is 14.4. The summed E-state index contributed by atoms with van der Waals surface area (Å²) in [5, 5.41) is 11.2. The van der Waals surface area contributed by atoms with Crippen LogP contribution in [0.1, 0.15) is 150 Å².